The summed E-state index contributed by atoms with van der Waals surface area (Å²) in [6.45, 7) is 2.97. The quantitative estimate of drug-likeness (QED) is 0.209. The first-order valence-electron chi connectivity index (χ1n) is 16.3. The smallest absolute Gasteiger partial charge is 0.416 e. The van der Waals surface area contributed by atoms with E-state index >= 15 is 0 Å². The van der Waals surface area contributed by atoms with Crippen LogP contribution in [0.25, 0.3) is 11.1 Å². The summed E-state index contributed by atoms with van der Waals surface area (Å²) in [6.07, 6.45) is -2.40. The molecule has 0 aromatic heterocycles. The van der Waals surface area contributed by atoms with Crippen LogP contribution < -0.4 is 5.32 Å². The number of rotatable bonds is 7. The maximum atomic E-state index is 14.0. The molecule has 1 saturated heterocycles. The molecule has 4 aromatic rings. The summed E-state index contributed by atoms with van der Waals surface area (Å²) in [4.78, 5) is 42.9. The van der Waals surface area contributed by atoms with Gasteiger partial charge in [-0.25, -0.2) is 0 Å². The molecule has 6 nitrogen and oxygen atoms in total. The number of halogens is 3. The Morgan fingerprint density at radius 3 is 2.17 bits per heavy atom. The van der Waals surface area contributed by atoms with Crippen LogP contribution in [0.5, 0.6) is 0 Å². The van der Waals surface area contributed by atoms with Crippen LogP contribution in [-0.2, 0) is 25.9 Å². The highest BCUT2D eigenvalue weighted by Crippen LogP contribution is 2.48. The first kappa shape index (κ1) is 33.0. The zero-order valence-electron chi connectivity index (χ0n) is 26.6. The van der Waals surface area contributed by atoms with Gasteiger partial charge in [-0.3, -0.25) is 14.4 Å². The van der Waals surface area contributed by atoms with Crippen molar-refractivity contribution in [3.8, 4) is 11.1 Å². The zero-order valence-corrected chi connectivity index (χ0v) is 26.6. The van der Waals surface area contributed by atoms with Crippen LogP contribution >= 0.6 is 0 Å². The number of carbonyl (C=O) groups excluding carboxylic acids is 3. The van der Waals surface area contributed by atoms with Crippen molar-refractivity contribution < 1.29 is 32.3 Å². The van der Waals surface area contributed by atoms with Gasteiger partial charge in [-0.2, -0.15) is 13.2 Å². The van der Waals surface area contributed by atoms with E-state index in [0.717, 1.165) is 28.8 Å². The van der Waals surface area contributed by atoms with Crippen molar-refractivity contribution in [1.82, 2.24) is 10.2 Å². The second-order valence-corrected chi connectivity index (χ2v) is 12.4. The number of nitrogens with zero attached hydrogens (tertiary/aromatic N) is 1. The summed E-state index contributed by atoms with van der Waals surface area (Å²) < 4.78 is 44.9. The van der Waals surface area contributed by atoms with E-state index in [0.29, 0.717) is 55.5 Å². The summed E-state index contributed by atoms with van der Waals surface area (Å²) in [5, 5.41) is 3.08. The van der Waals surface area contributed by atoms with Crippen molar-refractivity contribution in [2.45, 2.75) is 56.2 Å². The lowest BCUT2D eigenvalue weighted by molar-refractivity contribution is -0.149. The minimum atomic E-state index is -4.44. The second-order valence-electron chi connectivity index (χ2n) is 12.4. The van der Waals surface area contributed by atoms with E-state index in [1.807, 2.05) is 59.5 Å². The van der Waals surface area contributed by atoms with Gasteiger partial charge in [0.15, 0.2) is 0 Å². The molecule has 4 aromatic carbocycles. The van der Waals surface area contributed by atoms with Gasteiger partial charge in [-0.05, 0) is 78.6 Å². The fraction of sp³-hybridized carbons (Fsp3) is 0.308. The average molecular weight is 655 g/mol. The number of likely N-dealkylation sites (tertiary alicyclic amines) is 1. The number of esters is 1. The first-order chi connectivity index (χ1) is 23.1. The molecule has 0 bridgehead atoms. The highest BCUT2D eigenvalue weighted by atomic mass is 19.4. The number of fused-ring (bicyclic) bond motifs is 1. The third kappa shape index (κ3) is 6.33. The molecule has 0 spiro atoms. The van der Waals surface area contributed by atoms with Gasteiger partial charge >= 0.3 is 12.1 Å². The molecule has 2 unspecified atom stereocenters. The van der Waals surface area contributed by atoms with Crippen molar-refractivity contribution in [1.29, 1.82) is 0 Å². The van der Waals surface area contributed by atoms with E-state index < -0.39 is 23.1 Å². The molecule has 0 saturated carbocycles. The number of hydrogen-bond acceptors (Lipinski definition) is 4. The number of amides is 2. The van der Waals surface area contributed by atoms with Crippen molar-refractivity contribution in [2.24, 2.45) is 0 Å². The Hall–Kier alpha value is -4.92. The molecule has 1 fully saturated rings. The van der Waals surface area contributed by atoms with Gasteiger partial charge < -0.3 is 15.0 Å². The number of benzene rings is 4. The SMILES string of the molecule is CCOC(=O)C1(c2ccccc2)CCC(C(=O)N2CCC(NC(=O)c3ccccc3-c3ccc(C(F)(F)F)cc3)CC2)c2ccccc21. The van der Waals surface area contributed by atoms with Crippen LogP contribution in [0.15, 0.2) is 103 Å². The maximum absolute atomic E-state index is 14.0. The number of alkyl halides is 3. The molecule has 1 aliphatic heterocycles. The van der Waals surface area contributed by atoms with Gasteiger partial charge in [-0.1, -0.05) is 84.9 Å². The molecule has 248 valence electrons. The first-order valence-corrected chi connectivity index (χ1v) is 16.3. The summed E-state index contributed by atoms with van der Waals surface area (Å²) in [7, 11) is 0. The molecule has 1 heterocycles. The molecular formula is C39H37F3N2O4. The third-order valence-electron chi connectivity index (χ3n) is 9.63. The molecule has 0 radical (unpaired) electrons. The maximum Gasteiger partial charge on any atom is 0.416 e. The van der Waals surface area contributed by atoms with Crippen LogP contribution in [-0.4, -0.2) is 48.4 Å². The predicted molar refractivity (Wildman–Crippen MR) is 176 cm³/mol. The van der Waals surface area contributed by atoms with E-state index in [9.17, 15) is 27.6 Å². The Labute approximate surface area is 277 Å². The fourth-order valence-electron chi connectivity index (χ4n) is 7.20. The fourth-order valence-corrected chi connectivity index (χ4v) is 7.20. The monoisotopic (exact) mass is 654 g/mol. The van der Waals surface area contributed by atoms with Crippen LogP contribution in [0.4, 0.5) is 13.2 Å². The second kappa shape index (κ2) is 13.7. The minimum Gasteiger partial charge on any atom is -0.465 e. The van der Waals surface area contributed by atoms with E-state index in [4.69, 9.17) is 4.74 Å². The predicted octanol–water partition coefficient (Wildman–Crippen LogP) is 7.52. The third-order valence-corrected chi connectivity index (χ3v) is 9.63. The van der Waals surface area contributed by atoms with Gasteiger partial charge in [-0.15, -0.1) is 0 Å². The van der Waals surface area contributed by atoms with Crippen LogP contribution in [0.3, 0.4) is 0 Å². The summed E-state index contributed by atoms with van der Waals surface area (Å²) >= 11 is 0. The normalized spacial score (nSPS) is 19.7. The van der Waals surface area contributed by atoms with Crippen molar-refractivity contribution in [3.63, 3.8) is 0 Å². The number of carbonyl (C=O) groups is 3. The van der Waals surface area contributed by atoms with Gasteiger partial charge in [0.05, 0.1) is 18.1 Å². The molecule has 2 atom stereocenters. The highest BCUT2D eigenvalue weighted by molar-refractivity contribution is 6.01. The molecule has 1 aliphatic carbocycles. The summed E-state index contributed by atoms with van der Waals surface area (Å²) in [6, 6.07) is 28.7. The zero-order chi connectivity index (χ0) is 33.9. The molecule has 9 heteroatoms. The van der Waals surface area contributed by atoms with Crippen molar-refractivity contribution in [2.75, 3.05) is 19.7 Å². The number of ether oxygens (including phenoxy) is 1. The lowest BCUT2D eigenvalue weighted by atomic mass is 9.63. The van der Waals surface area contributed by atoms with Gasteiger partial charge in [0, 0.05) is 24.7 Å². The van der Waals surface area contributed by atoms with Gasteiger partial charge in [0.2, 0.25) is 5.91 Å². The molecule has 1 N–H and O–H groups in total. The number of hydrogen-bond donors (Lipinski definition) is 1. The van der Waals surface area contributed by atoms with E-state index in [1.165, 1.54) is 12.1 Å². The summed E-state index contributed by atoms with van der Waals surface area (Å²) in [5.41, 5.74) is 2.16. The van der Waals surface area contributed by atoms with E-state index in [2.05, 4.69) is 5.32 Å². The lowest BCUT2D eigenvalue weighted by Gasteiger charge is -2.42. The standard InChI is InChI=1S/C39H37F3N2O4/c1-2-48-37(47)38(27-10-4-3-5-11-27)23-20-33(31-13-8-9-15-34(31)38)36(46)44-24-21-29(22-25-44)43-35(45)32-14-7-6-12-30(32)26-16-18-28(19-17-26)39(40,41)42/h3-19,29,33H,2,20-25H2,1H3,(H,43,45). The number of nitrogens with one attached hydrogen (secondary N) is 1. The topological polar surface area (TPSA) is 75.7 Å². The van der Waals surface area contributed by atoms with Gasteiger partial charge in [0.1, 0.15) is 5.41 Å². The Morgan fingerprint density at radius 1 is 0.833 bits per heavy atom. The minimum absolute atomic E-state index is 0.00500. The van der Waals surface area contributed by atoms with Crippen LogP contribution in [0, 0.1) is 0 Å². The Morgan fingerprint density at radius 2 is 1.48 bits per heavy atom. The molecule has 48 heavy (non-hydrogen) atoms. The van der Waals surface area contributed by atoms with Crippen molar-refractivity contribution in [3.05, 3.63) is 131 Å². The Bertz CT molecular complexity index is 1780. The molecular weight excluding hydrogens is 617 g/mol. The average Bonchev–Trinajstić information content (AvgIpc) is 3.11. The highest BCUT2D eigenvalue weighted by Gasteiger charge is 2.50. The van der Waals surface area contributed by atoms with Crippen LogP contribution in [0.1, 0.15) is 71.1 Å². The Balaban J connectivity index is 1.15. The molecule has 2 aliphatic rings. The molecule has 2 amide bonds. The van der Waals surface area contributed by atoms with Crippen molar-refractivity contribution >= 4 is 17.8 Å². The van der Waals surface area contributed by atoms with E-state index in [-0.39, 0.29) is 30.4 Å². The van der Waals surface area contributed by atoms with Gasteiger partial charge in [0.25, 0.3) is 5.91 Å². The lowest BCUT2D eigenvalue weighted by Crippen LogP contribution is -2.49. The largest absolute Gasteiger partial charge is 0.465 e. The Kier molecular flexibility index (Phi) is 9.40. The number of piperidine rings is 1. The molecule has 6 rings (SSSR count). The van der Waals surface area contributed by atoms with E-state index in [1.54, 1.807) is 31.2 Å². The summed E-state index contributed by atoms with van der Waals surface area (Å²) in [5.74, 6) is -1.03. The van der Waals surface area contributed by atoms with Crippen LogP contribution in [0.2, 0.25) is 0 Å².